The van der Waals surface area contributed by atoms with Gasteiger partial charge < -0.3 is 10.2 Å². The summed E-state index contributed by atoms with van der Waals surface area (Å²) in [5.74, 6) is -0.0774. The van der Waals surface area contributed by atoms with Crippen molar-refractivity contribution in [2.24, 2.45) is 11.3 Å². The van der Waals surface area contributed by atoms with Gasteiger partial charge in [0.1, 0.15) is 0 Å². The summed E-state index contributed by atoms with van der Waals surface area (Å²) >= 11 is 1.56. The van der Waals surface area contributed by atoms with Crippen LogP contribution >= 0.6 is 11.8 Å². The van der Waals surface area contributed by atoms with E-state index in [1.54, 1.807) is 18.0 Å². The monoisotopic (exact) mass is 335 g/mol. The lowest BCUT2D eigenvalue weighted by Crippen LogP contribution is -2.47. The number of rotatable bonds is 3. The number of nitrogens with one attached hydrogen (secondary N) is 1. The molecule has 1 aliphatic heterocycles. The van der Waals surface area contributed by atoms with Crippen LogP contribution < -0.4 is 5.32 Å². The molecule has 0 saturated carbocycles. The Morgan fingerprint density at radius 3 is 2.65 bits per heavy atom. The second kappa shape index (κ2) is 7.34. The van der Waals surface area contributed by atoms with Crippen LogP contribution in [0.25, 0.3) is 0 Å². The van der Waals surface area contributed by atoms with Gasteiger partial charge in [-0.25, -0.2) is 4.98 Å². The van der Waals surface area contributed by atoms with Crippen molar-refractivity contribution in [3.8, 4) is 0 Å². The third-order valence-corrected chi connectivity index (χ3v) is 4.59. The second-order valence-corrected chi connectivity index (χ2v) is 7.75. The molecule has 1 saturated heterocycles. The van der Waals surface area contributed by atoms with Gasteiger partial charge in [0.2, 0.25) is 11.8 Å². The Morgan fingerprint density at radius 2 is 2.09 bits per heavy atom. The van der Waals surface area contributed by atoms with E-state index in [1.807, 2.05) is 44.1 Å². The smallest absolute Gasteiger partial charge is 0.229 e. The van der Waals surface area contributed by atoms with Crippen molar-refractivity contribution in [3.63, 3.8) is 0 Å². The molecular formula is C17H25N3O2S. The number of amides is 2. The van der Waals surface area contributed by atoms with Gasteiger partial charge in [0.25, 0.3) is 0 Å². The molecule has 0 spiro atoms. The van der Waals surface area contributed by atoms with Gasteiger partial charge in [-0.2, -0.15) is 0 Å². The number of hydrogen-bond donors (Lipinski definition) is 1. The maximum absolute atomic E-state index is 12.5. The van der Waals surface area contributed by atoms with Gasteiger partial charge in [-0.05, 0) is 31.2 Å². The average molecular weight is 335 g/mol. The molecule has 1 aromatic heterocycles. The van der Waals surface area contributed by atoms with Crippen molar-refractivity contribution in [3.05, 3.63) is 18.3 Å². The first kappa shape index (κ1) is 17.8. The lowest BCUT2D eigenvalue weighted by molar-refractivity contribution is -0.142. The highest BCUT2D eigenvalue weighted by molar-refractivity contribution is 7.98. The number of pyridine rings is 1. The lowest BCUT2D eigenvalue weighted by Gasteiger charge is -2.35. The van der Waals surface area contributed by atoms with Crippen LogP contribution in [0.5, 0.6) is 0 Å². The molecule has 0 unspecified atom stereocenters. The van der Waals surface area contributed by atoms with Gasteiger partial charge >= 0.3 is 0 Å². The van der Waals surface area contributed by atoms with Crippen LogP contribution in [0.4, 0.5) is 5.69 Å². The molecule has 6 heteroatoms. The predicted octanol–water partition coefficient (Wildman–Crippen LogP) is 3.03. The number of piperidine rings is 1. The first-order valence-corrected chi connectivity index (χ1v) is 9.14. The maximum Gasteiger partial charge on any atom is 0.229 e. The van der Waals surface area contributed by atoms with E-state index in [9.17, 15) is 9.59 Å². The zero-order valence-corrected chi connectivity index (χ0v) is 15.1. The fourth-order valence-corrected chi connectivity index (χ4v) is 3.03. The molecule has 0 aliphatic carbocycles. The Hall–Kier alpha value is -1.56. The van der Waals surface area contributed by atoms with Crippen LogP contribution in [0.3, 0.4) is 0 Å². The van der Waals surface area contributed by atoms with Gasteiger partial charge in [0, 0.05) is 18.5 Å². The largest absolute Gasteiger partial charge is 0.341 e. The minimum atomic E-state index is -0.407. The molecular weight excluding hydrogens is 310 g/mol. The third kappa shape index (κ3) is 4.70. The zero-order chi connectivity index (χ0) is 17.0. The van der Waals surface area contributed by atoms with Crippen molar-refractivity contribution in [2.45, 2.75) is 38.6 Å². The molecule has 1 N–H and O–H groups in total. The highest BCUT2D eigenvalue weighted by Crippen LogP contribution is 2.24. The summed E-state index contributed by atoms with van der Waals surface area (Å²) in [6, 6.07) is 3.74. The topological polar surface area (TPSA) is 62.3 Å². The van der Waals surface area contributed by atoms with Crippen LogP contribution in [-0.4, -0.2) is 41.0 Å². The summed E-state index contributed by atoms with van der Waals surface area (Å²) in [6.07, 6.45) is 5.31. The SMILES string of the molecule is CSc1ccc(NC(=O)[C@H]2CCCN(C(=O)C(C)(C)C)C2)cn1. The quantitative estimate of drug-likeness (QED) is 0.863. The average Bonchev–Trinajstić information content (AvgIpc) is 2.54. The molecule has 126 valence electrons. The molecule has 2 rings (SSSR count). The molecule has 0 radical (unpaired) electrons. The Balaban J connectivity index is 1.97. The predicted molar refractivity (Wildman–Crippen MR) is 93.4 cm³/mol. The summed E-state index contributed by atoms with van der Waals surface area (Å²) in [5.41, 5.74) is 0.294. The van der Waals surface area contributed by atoms with Crippen LogP contribution in [0.15, 0.2) is 23.4 Å². The summed E-state index contributed by atoms with van der Waals surface area (Å²) in [4.78, 5) is 30.9. The number of nitrogens with zero attached hydrogens (tertiary/aromatic N) is 2. The number of carbonyl (C=O) groups is 2. The maximum atomic E-state index is 12.5. The van der Waals surface area contributed by atoms with Gasteiger partial charge in [-0.15, -0.1) is 11.8 Å². The van der Waals surface area contributed by atoms with Crippen molar-refractivity contribution in [2.75, 3.05) is 24.7 Å². The van der Waals surface area contributed by atoms with Gasteiger partial charge in [-0.3, -0.25) is 9.59 Å². The Labute approximate surface area is 142 Å². The molecule has 1 fully saturated rings. The van der Waals surface area contributed by atoms with E-state index in [1.165, 1.54) is 0 Å². The number of hydrogen-bond acceptors (Lipinski definition) is 4. The second-order valence-electron chi connectivity index (χ2n) is 6.92. The summed E-state index contributed by atoms with van der Waals surface area (Å²) in [5, 5.41) is 3.83. The fraction of sp³-hybridized carbons (Fsp3) is 0.588. The van der Waals surface area contributed by atoms with E-state index < -0.39 is 5.41 Å². The van der Waals surface area contributed by atoms with Gasteiger partial charge in [-0.1, -0.05) is 20.8 Å². The van der Waals surface area contributed by atoms with E-state index in [2.05, 4.69) is 10.3 Å². The standard InChI is InChI=1S/C17H25N3O2S/c1-17(2,3)16(22)20-9-5-6-12(11-20)15(21)19-13-7-8-14(23-4)18-10-13/h7-8,10,12H,5-6,9,11H2,1-4H3,(H,19,21)/t12-/m0/s1. The summed E-state index contributed by atoms with van der Waals surface area (Å²) in [6.45, 7) is 6.98. The molecule has 0 aromatic carbocycles. The number of thioether (sulfide) groups is 1. The fourth-order valence-electron chi connectivity index (χ4n) is 2.67. The van der Waals surface area contributed by atoms with Crippen molar-refractivity contribution >= 4 is 29.3 Å². The minimum absolute atomic E-state index is 0.0323. The summed E-state index contributed by atoms with van der Waals surface area (Å²) in [7, 11) is 0. The number of aromatic nitrogens is 1. The van der Waals surface area contributed by atoms with Gasteiger partial charge in [0.05, 0.1) is 22.8 Å². The zero-order valence-electron chi connectivity index (χ0n) is 14.3. The van der Waals surface area contributed by atoms with Crippen molar-refractivity contribution < 1.29 is 9.59 Å². The highest BCUT2D eigenvalue weighted by atomic mass is 32.2. The molecule has 1 atom stereocenters. The Bertz CT molecular complexity index is 566. The molecule has 2 amide bonds. The normalized spacial score (nSPS) is 18.6. The van der Waals surface area contributed by atoms with Crippen LogP contribution in [0.1, 0.15) is 33.6 Å². The number of anilines is 1. The Kier molecular flexibility index (Phi) is 5.68. The van der Waals surface area contributed by atoms with Gasteiger partial charge in [0.15, 0.2) is 0 Å². The Morgan fingerprint density at radius 1 is 1.35 bits per heavy atom. The lowest BCUT2D eigenvalue weighted by atomic mass is 9.91. The number of likely N-dealkylation sites (tertiary alicyclic amines) is 1. The molecule has 0 bridgehead atoms. The van der Waals surface area contributed by atoms with Crippen molar-refractivity contribution in [1.29, 1.82) is 0 Å². The van der Waals surface area contributed by atoms with E-state index in [0.717, 1.165) is 24.4 Å². The van der Waals surface area contributed by atoms with E-state index in [0.29, 0.717) is 12.2 Å². The molecule has 23 heavy (non-hydrogen) atoms. The first-order valence-electron chi connectivity index (χ1n) is 7.91. The molecule has 1 aliphatic rings. The summed E-state index contributed by atoms with van der Waals surface area (Å²) < 4.78 is 0. The third-order valence-electron chi connectivity index (χ3n) is 3.93. The number of carbonyl (C=O) groups excluding carboxylic acids is 2. The molecule has 2 heterocycles. The minimum Gasteiger partial charge on any atom is -0.341 e. The van der Waals surface area contributed by atoms with E-state index in [-0.39, 0.29) is 17.7 Å². The van der Waals surface area contributed by atoms with Crippen molar-refractivity contribution in [1.82, 2.24) is 9.88 Å². The highest BCUT2D eigenvalue weighted by Gasteiger charge is 2.33. The first-order chi connectivity index (χ1) is 10.8. The molecule has 5 nitrogen and oxygen atoms in total. The van der Waals surface area contributed by atoms with E-state index >= 15 is 0 Å². The van der Waals surface area contributed by atoms with Crippen LogP contribution in [0.2, 0.25) is 0 Å². The van der Waals surface area contributed by atoms with Crippen LogP contribution in [-0.2, 0) is 9.59 Å². The van der Waals surface area contributed by atoms with E-state index in [4.69, 9.17) is 0 Å². The van der Waals surface area contributed by atoms with Crippen LogP contribution in [0, 0.1) is 11.3 Å². The molecule has 1 aromatic rings.